The highest BCUT2D eigenvalue weighted by atomic mass is 35.5. The Morgan fingerprint density at radius 3 is 1.59 bits per heavy atom. The van der Waals surface area contributed by atoms with E-state index in [4.69, 9.17) is 28.2 Å². The van der Waals surface area contributed by atoms with Crippen molar-refractivity contribution in [3.63, 3.8) is 0 Å². The van der Waals surface area contributed by atoms with Gasteiger partial charge in [0.05, 0.1) is 37.9 Å². The predicted molar refractivity (Wildman–Crippen MR) is 247 cm³/mol. The Kier molecular flexibility index (Phi) is 13.9. The standard InChI is InChI=1S/C35H35Cl2N13O3S6/c1-5-49(6-2)19-9-11-23(43-45-29-27-21(36)17-55-31(27)47-57-29)25(15-19)38-33-40-34(42-35(41-33)54-13-14-59(51,52)53)39-26-16-20(50(7-3)8-4)10-12-24(26)44-46-30-28-22(37)18-56-32(28)48-58-30/h9-12,15-18H,5-8,13-14H2,1-4H3,(H,51,52,53)(H2,38,39,40,41,42)/b45-43+,46-44+. The molecule has 0 aliphatic heterocycles. The smallest absolute Gasteiger partial charge is 0.265 e. The van der Waals surface area contributed by atoms with Crippen LogP contribution in [0.5, 0.6) is 0 Å². The molecule has 7 rings (SSSR count). The quantitative estimate of drug-likeness (QED) is 0.0417. The second kappa shape index (κ2) is 19.1. The third kappa shape index (κ3) is 10.3. The van der Waals surface area contributed by atoms with Crippen LogP contribution in [0.1, 0.15) is 27.7 Å². The number of nitrogens with zero attached hydrogens (tertiary/aromatic N) is 11. The summed E-state index contributed by atoms with van der Waals surface area (Å²) in [6, 6.07) is 11.5. The van der Waals surface area contributed by atoms with E-state index in [1.54, 1.807) is 0 Å². The highest BCUT2D eigenvalue weighted by Crippen LogP contribution is 2.43. The molecule has 16 nitrogen and oxygen atoms in total. The molecule has 308 valence electrons. The van der Waals surface area contributed by atoms with E-state index in [2.05, 4.69) is 87.3 Å². The lowest BCUT2D eigenvalue weighted by molar-refractivity contribution is 0.485. The first-order valence-corrected chi connectivity index (χ1v) is 24.7. The summed E-state index contributed by atoms with van der Waals surface area (Å²) in [5.74, 6) is -0.250. The number of thioether (sulfide) groups is 1. The van der Waals surface area contributed by atoms with Gasteiger partial charge in [0.1, 0.15) is 21.0 Å². The van der Waals surface area contributed by atoms with Gasteiger partial charge < -0.3 is 20.4 Å². The maximum atomic E-state index is 11.6. The van der Waals surface area contributed by atoms with Crippen LogP contribution in [0.25, 0.3) is 20.4 Å². The van der Waals surface area contributed by atoms with Gasteiger partial charge in [0.15, 0.2) is 15.2 Å². The van der Waals surface area contributed by atoms with E-state index in [0.29, 0.717) is 42.8 Å². The maximum absolute atomic E-state index is 11.6. The average Bonchev–Trinajstić information content (AvgIpc) is 4.00. The molecular formula is C35H35Cl2N13O3S6. The average molecular weight is 949 g/mol. The molecule has 0 bridgehead atoms. The number of benzene rings is 2. The first-order valence-electron chi connectivity index (χ1n) is 18.0. The van der Waals surface area contributed by atoms with E-state index < -0.39 is 15.9 Å². The van der Waals surface area contributed by atoms with Crippen molar-refractivity contribution in [3.8, 4) is 0 Å². The molecule has 0 saturated heterocycles. The van der Waals surface area contributed by atoms with Crippen molar-refractivity contribution in [1.82, 2.24) is 23.7 Å². The van der Waals surface area contributed by atoms with Crippen molar-refractivity contribution in [2.24, 2.45) is 20.5 Å². The predicted octanol–water partition coefficient (Wildman–Crippen LogP) is 12.5. The highest BCUT2D eigenvalue weighted by Gasteiger charge is 2.18. The largest absolute Gasteiger partial charge is 0.372 e. The Morgan fingerprint density at radius 2 is 1.17 bits per heavy atom. The molecule has 0 aliphatic carbocycles. The Bertz CT molecular complexity index is 2600. The molecule has 0 unspecified atom stereocenters. The molecule has 0 atom stereocenters. The first kappa shape index (κ1) is 43.0. The van der Waals surface area contributed by atoms with Crippen LogP contribution in [0.15, 0.2) is 72.8 Å². The fourth-order valence-electron chi connectivity index (χ4n) is 5.78. The van der Waals surface area contributed by atoms with E-state index in [1.807, 2.05) is 47.2 Å². The SMILES string of the molecule is CCN(CC)c1ccc(/N=N/c2snc3scc(Cl)c23)c(Nc2nc(Nc3cc(N(CC)CC)ccc3/N=N/c3snc4scc(Cl)c34)nc(SCCS(=O)(=O)O)n2)c1. The molecule has 3 N–H and O–H groups in total. The number of fused-ring (bicyclic) bond motifs is 2. The molecule has 2 aromatic carbocycles. The minimum atomic E-state index is -4.24. The highest BCUT2D eigenvalue weighted by molar-refractivity contribution is 8.00. The lowest BCUT2D eigenvalue weighted by atomic mass is 10.2. The number of hydrogen-bond donors (Lipinski definition) is 3. The van der Waals surface area contributed by atoms with Gasteiger partial charge in [0.2, 0.25) is 11.9 Å². The summed E-state index contributed by atoms with van der Waals surface area (Å²) in [5.41, 5.74) is 3.92. The number of aromatic nitrogens is 5. The lowest BCUT2D eigenvalue weighted by Crippen LogP contribution is -2.21. The molecular weight excluding hydrogens is 914 g/mol. The molecule has 7 aromatic rings. The van der Waals surface area contributed by atoms with Crippen molar-refractivity contribution in [3.05, 3.63) is 57.2 Å². The summed E-state index contributed by atoms with van der Waals surface area (Å²) in [5, 5.41) is 32.5. The van der Waals surface area contributed by atoms with Gasteiger partial charge in [-0.05, 0) is 87.2 Å². The van der Waals surface area contributed by atoms with Crippen LogP contribution in [-0.4, -0.2) is 74.4 Å². The van der Waals surface area contributed by atoms with E-state index in [-0.39, 0.29) is 22.8 Å². The van der Waals surface area contributed by atoms with Crippen molar-refractivity contribution >= 4 is 167 Å². The summed E-state index contributed by atoms with van der Waals surface area (Å²) in [6.07, 6.45) is 0. The molecule has 0 radical (unpaired) electrons. The molecule has 5 aromatic heterocycles. The van der Waals surface area contributed by atoms with Crippen LogP contribution in [0.4, 0.5) is 56.0 Å². The second-order valence-electron chi connectivity index (χ2n) is 12.3. The van der Waals surface area contributed by atoms with Crippen LogP contribution in [0.2, 0.25) is 10.0 Å². The van der Waals surface area contributed by atoms with E-state index in [9.17, 15) is 13.0 Å². The number of hydrogen-bond acceptors (Lipinski definition) is 20. The zero-order chi connectivity index (χ0) is 41.7. The number of azo groups is 2. The normalized spacial score (nSPS) is 12.1. The van der Waals surface area contributed by atoms with Gasteiger partial charge in [-0.1, -0.05) is 35.0 Å². The third-order valence-electron chi connectivity index (χ3n) is 8.71. The van der Waals surface area contributed by atoms with Gasteiger partial charge in [-0.25, -0.2) is 0 Å². The van der Waals surface area contributed by atoms with E-state index in [1.165, 1.54) is 45.7 Å². The van der Waals surface area contributed by atoms with Crippen LogP contribution >= 0.6 is 80.7 Å². The van der Waals surface area contributed by atoms with Gasteiger partial charge in [-0.3, -0.25) is 4.55 Å². The monoisotopic (exact) mass is 947 g/mol. The van der Waals surface area contributed by atoms with Crippen LogP contribution in [0.3, 0.4) is 0 Å². The first-order chi connectivity index (χ1) is 28.5. The van der Waals surface area contributed by atoms with Crippen molar-refractivity contribution in [1.29, 1.82) is 0 Å². The minimum absolute atomic E-state index is 0.0154. The van der Waals surface area contributed by atoms with Gasteiger partial charge >= 0.3 is 0 Å². The Balaban J connectivity index is 1.29. The molecule has 5 heterocycles. The van der Waals surface area contributed by atoms with Gasteiger partial charge in [0, 0.05) is 54.1 Å². The molecule has 0 fully saturated rings. The topological polar surface area (TPSA) is 199 Å². The second-order valence-corrected chi connectivity index (χ2v) is 19.0. The Hall–Kier alpha value is -4.13. The Morgan fingerprint density at radius 1 is 0.712 bits per heavy atom. The molecule has 24 heteroatoms. The van der Waals surface area contributed by atoms with Crippen LogP contribution < -0.4 is 20.4 Å². The number of rotatable bonds is 18. The summed E-state index contributed by atoms with van der Waals surface area (Å²) >= 11 is 19.2. The number of halogens is 2. The summed E-state index contributed by atoms with van der Waals surface area (Å²) < 4.78 is 41.6. The summed E-state index contributed by atoms with van der Waals surface area (Å²) in [7, 11) is -4.24. The maximum Gasteiger partial charge on any atom is 0.265 e. The van der Waals surface area contributed by atoms with Crippen molar-refractivity contribution in [2.45, 2.75) is 32.9 Å². The van der Waals surface area contributed by atoms with E-state index in [0.717, 1.165) is 69.7 Å². The number of thiophene rings is 2. The molecule has 59 heavy (non-hydrogen) atoms. The van der Waals surface area contributed by atoms with Crippen LogP contribution in [0, 0.1) is 0 Å². The summed E-state index contributed by atoms with van der Waals surface area (Å²) in [4.78, 5) is 20.0. The Labute approximate surface area is 369 Å². The zero-order valence-corrected chi connectivity index (χ0v) is 38.2. The number of anilines is 6. The fraction of sp³-hybridized carbons (Fsp3) is 0.286. The van der Waals surface area contributed by atoms with E-state index >= 15 is 0 Å². The summed E-state index contributed by atoms with van der Waals surface area (Å²) in [6.45, 7) is 11.3. The van der Waals surface area contributed by atoms with Gasteiger partial charge in [0.25, 0.3) is 10.1 Å². The lowest BCUT2D eigenvalue weighted by Gasteiger charge is -2.22. The molecule has 0 saturated carbocycles. The molecule has 0 amide bonds. The fourth-order valence-corrected chi connectivity index (χ4v) is 11.6. The molecule has 0 aliphatic rings. The van der Waals surface area contributed by atoms with Gasteiger partial charge in [-0.15, -0.1) is 43.1 Å². The van der Waals surface area contributed by atoms with Crippen LogP contribution in [-0.2, 0) is 10.1 Å². The van der Waals surface area contributed by atoms with Crippen molar-refractivity contribution in [2.75, 3.05) is 58.1 Å². The zero-order valence-electron chi connectivity index (χ0n) is 31.7. The van der Waals surface area contributed by atoms with Crippen molar-refractivity contribution < 1.29 is 13.0 Å². The molecule has 0 spiro atoms. The third-order valence-corrected chi connectivity index (χ3v) is 14.8. The number of nitrogens with one attached hydrogen (secondary N) is 2. The minimum Gasteiger partial charge on any atom is -0.372 e. The van der Waals surface area contributed by atoms with Gasteiger partial charge in [-0.2, -0.15) is 32.1 Å².